The lowest BCUT2D eigenvalue weighted by Gasteiger charge is -2.23. The Morgan fingerprint density at radius 2 is 0.788 bits per heavy atom. The minimum Gasteiger partial charge on any atom is -0.356 e. The summed E-state index contributed by atoms with van der Waals surface area (Å²) in [4.78, 5) is 0. The summed E-state index contributed by atoms with van der Waals surface area (Å²) in [6, 6.07) is 27.4. The van der Waals surface area contributed by atoms with Crippen LogP contribution in [0.5, 0.6) is 0 Å². The summed E-state index contributed by atoms with van der Waals surface area (Å²) < 4.78 is 0. The highest BCUT2D eigenvalue weighted by molar-refractivity contribution is 5.85. The van der Waals surface area contributed by atoms with Crippen molar-refractivity contribution in [3.05, 3.63) is 106 Å². The van der Waals surface area contributed by atoms with Gasteiger partial charge in [0.05, 0.1) is 0 Å². The van der Waals surface area contributed by atoms with Gasteiger partial charge in [0.1, 0.15) is 0 Å². The van der Waals surface area contributed by atoms with Crippen LogP contribution < -0.4 is 5.32 Å². The maximum Gasteiger partial charge on any atom is 0.0387 e. The van der Waals surface area contributed by atoms with E-state index in [0.717, 1.165) is 11.4 Å². The van der Waals surface area contributed by atoms with Gasteiger partial charge in [-0.15, -0.1) is 0 Å². The van der Waals surface area contributed by atoms with Gasteiger partial charge in [-0.2, -0.15) is 0 Å². The van der Waals surface area contributed by atoms with Crippen molar-refractivity contribution in [1.29, 1.82) is 0 Å². The van der Waals surface area contributed by atoms with Crippen LogP contribution in [0.3, 0.4) is 0 Å². The Kier molecular flexibility index (Phi) is 4.06. The Balaban J connectivity index is 1.38. The van der Waals surface area contributed by atoms with Crippen molar-refractivity contribution in [3.63, 3.8) is 0 Å². The van der Waals surface area contributed by atoms with Gasteiger partial charge in [0.15, 0.2) is 0 Å². The summed E-state index contributed by atoms with van der Waals surface area (Å²) in [5.74, 6) is 0. The Morgan fingerprint density at radius 1 is 0.455 bits per heavy atom. The number of anilines is 2. The molecule has 0 bridgehead atoms. The van der Waals surface area contributed by atoms with Gasteiger partial charge < -0.3 is 5.32 Å². The normalized spacial score (nSPS) is 16.1. The fourth-order valence-corrected chi connectivity index (χ4v) is 6.02. The lowest BCUT2D eigenvalue weighted by molar-refractivity contribution is 0.659. The second-order valence-electron chi connectivity index (χ2n) is 11.0. The van der Waals surface area contributed by atoms with Crippen molar-refractivity contribution in [2.75, 3.05) is 5.32 Å². The number of hydrogen-bond acceptors (Lipinski definition) is 1. The van der Waals surface area contributed by atoms with E-state index in [2.05, 4.69) is 120 Å². The van der Waals surface area contributed by atoms with Crippen molar-refractivity contribution < 1.29 is 0 Å². The largest absolute Gasteiger partial charge is 0.356 e. The Hall–Kier alpha value is -3.32. The molecule has 0 heterocycles. The molecule has 4 aromatic carbocycles. The molecule has 0 atom stereocenters. The zero-order valence-electron chi connectivity index (χ0n) is 20.4. The zero-order valence-corrected chi connectivity index (χ0v) is 20.4. The predicted octanol–water partition coefficient (Wildman–Crippen LogP) is 8.66. The topological polar surface area (TPSA) is 12.0 Å². The van der Waals surface area contributed by atoms with E-state index in [1.807, 2.05) is 0 Å². The lowest BCUT2D eigenvalue weighted by Crippen LogP contribution is -2.15. The van der Waals surface area contributed by atoms with Gasteiger partial charge in [0.25, 0.3) is 0 Å². The van der Waals surface area contributed by atoms with Gasteiger partial charge in [-0.25, -0.2) is 0 Å². The molecule has 0 amide bonds. The molecule has 164 valence electrons. The second-order valence-corrected chi connectivity index (χ2v) is 11.0. The molecule has 2 aliphatic carbocycles. The smallest absolute Gasteiger partial charge is 0.0387 e. The Morgan fingerprint density at radius 3 is 1.18 bits per heavy atom. The highest BCUT2D eigenvalue weighted by atomic mass is 14.9. The number of fused-ring (bicyclic) bond motifs is 6. The van der Waals surface area contributed by atoms with Crippen molar-refractivity contribution in [2.45, 2.75) is 52.4 Å². The summed E-state index contributed by atoms with van der Waals surface area (Å²) in [5.41, 5.74) is 16.1. The maximum absolute atomic E-state index is 3.72. The molecule has 0 saturated heterocycles. The number of benzene rings is 4. The molecule has 1 nitrogen and oxygen atoms in total. The first-order valence-corrected chi connectivity index (χ1v) is 12.0. The molecule has 0 saturated carbocycles. The molecule has 2 aliphatic rings. The first-order valence-electron chi connectivity index (χ1n) is 12.0. The highest BCUT2D eigenvalue weighted by Gasteiger charge is 2.37. The third kappa shape index (κ3) is 2.85. The van der Waals surface area contributed by atoms with E-state index in [-0.39, 0.29) is 10.8 Å². The maximum atomic E-state index is 3.72. The third-order valence-electron chi connectivity index (χ3n) is 7.95. The number of hydrogen-bond donors (Lipinski definition) is 1. The average molecular weight is 430 g/mol. The summed E-state index contributed by atoms with van der Waals surface area (Å²) in [5, 5.41) is 3.72. The van der Waals surface area contributed by atoms with E-state index in [1.165, 1.54) is 55.6 Å². The Labute approximate surface area is 197 Å². The predicted molar refractivity (Wildman–Crippen MR) is 141 cm³/mol. The minimum absolute atomic E-state index is 0.00774. The molecule has 1 N–H and O–H groups in total. The first kappa shape index (κ1) is 20.3. The van der Waals surface area contributed by atoms with Gasteiger partial charge >= 0.3 is 0 Å². The van der Waals surface area contributed by atoms with E-state index in [4.69, 9.17) is 0 Å². The second kappa shape index (κ2) is 6.60. The van der Waals surface area contributed by atoms with Crippen LogP contribution in [0.25, 0.3) is 22.3 Å². The minimum atomic E-state index is 0.00774. The van der Waals surface area contributed by atoms with Crippen molar-refractivity contribution >= 4 is 11.4 Å². The Bertz CT molecular complexity index is 1340. The summed E-state index contributed by atoms with van der Waals surface area (Å²) in [6.45, 7) is 13.7. The summed E-state index contributed by atoms with van der Waals surface area (Å²) in [6.07, 6.45) is 0. The van der Waals surface area contributed by atoms with E-state index >= 15 is 0 Å². The molecule has 4 aromatic rings. The van der Waals surface area contributed by atoms with Crippen LogP contribution in [0, 0.1) is 13.8 Å². The number of rotatable bonds is 2. The number of nitrogens with one attached hydrogen (secondary N) is 1. The van der Waals surface area contributed by atoms with Crippen LogP contribution >= 0.6 is 0 Å². The fraction of sp³-hybridized carbons (Fsp3) is 0.250. The van der Waals surface area contributed by atoms with Crippen molar-refractivity contribution in [1.82, 2.24) is 0 Å². The lowest BCUT2D eigenvalue weighted by atomic mass is 9.81. The van der Waals surface area contributed by atoms with E-state index < -0.39 is 0 Å². The SMILES string of the molecule is Cc1ccc2c(c1)C(C)(C)c1cc(Nc3ccc4c(c3)C(C)(C)c3cc(C)ccc3-4)ccc1-2. The number of aryl methyl sites for hydroxylation is 2. The molecule has 0 spiro atoms. The third-order valence-corrected chi connectivity index (χ3v) is 7.95. The quantitative estimate of drug-likeness (QED) is 0.336. The molecule has 0 aromatic heterocycles. The first-order chi connectivity index (χ1) is 15.7. The van der Waals surface area contributed by atoms with Gasteiger partial charge in [-0.1, -0.05) is 87.4 Å². The van der Waals surface area contributed by atoms with Crippen LogP contribution in [0.1, 0.15) is 61.1 Å². The standard InChI is InChI=1S/C32H31N/c1-19-7-11-23-25-13-9-21(17-29(25)31(3,4)27(23)15-19)33-22-10-14-26-24-12-8-20(2)16-28(24)32(5,6)30(26)18-22/h7-18,33H,1-6H3. The van der Waals surface area contributed by atoms with Crippen molar-refractivity contribution in [3.8, 4) is 22.3 Å². The average Bonchev–Trinajstić information content (AvgIpc) is 3.13. The van der Waals surface area contributed by atoms with Gasteiger partial charge in [0, 0.05) is 22.2 Å². The molecular weight excluding hydrogens is 398 g/mol. The molecule has 0 unspecified atom stereocenters. The molecule has 0 radical (unpaired) electrons. The van der Waals surface area contributed by atoms with Crippen molar-refractivity contribution in [2.24, 2.45) is 0 Å². The van der Waals surface area contributed by atoms with Crippen LogP contribution in [-0.4, -0.2) is 0 Å². The molecule has 33 heavy (non-hydrogen) atoms. The molecule has 6 rings (SSSR count). The van der Waals surface area contributed by atoms with Gasteiger partial charge in [-0.05, 0) is 82.6 Å². The fourth-order valence-electron chi connectivity index (χ4n) is 6.02. The van der Waals surface area contributed by atoms with E-state index in [0.29, 0.717) is 0 Å². The molecular formula is C32H31N. The molecule has 0 aliphatic heterocycles. The van der Waals surface area contributed by atoms with Crippen LogP contribution in [-0.2, 0) is 10.8 Å². The molecule has 0 fully saturated rings. The monoisotopic (exact) mass is 429 g/mol. The van der Waals surface area contributed by atoms with Crippen LogP contribution in [0.15, 0.2) is 72.8 Å². The van der Waals surface area contributed by atoms with E-state index in [9.17, 15) is 0 Å². The zero-order chi connectivity index (χ0) is 23.1. The van der Waals surface area contributed by atoms with Gasteiger partial charge in [0.2, 0.25) is 0 Å². The summed E-state index contributed by atoms with van der Waals surface area (Å²) >= 11 is 0. The van der Waals surface area contributed by atoms with Crippen LogP contribution in [0.4, 0.5) is 11.4 Å². The highest BCUT2D eigenvalue weighted by Crippen LogP contribution is 2.51. The van der Waals surface area contributed by atoms with E-state index in [1.54, 1.807) is 0 Å². The van der Waals surface area contributed by atoms with Gasteiger partial charge in [-0.3, -0.25) is 0 Å². The van der Waals surface area contributed by atoms with Crippen LogP contribution in [0.2, 0.25) is 0 Å². The summed E-state index contributed by atoms with van der Waals surface area (Å²) in [7, 11) is 0. The molecule has 1 heteroatoms.